The van der Waals surface area contributed by atoms with E-state index in [1.54, 1.807) is 6.08 Å². The summed E-state index contributed by atoms with van der Waals surface area (Å²) in [5.74, 6) is -0.337. The Morgan fingerprint density at radius 1 is 1.24 bits per heavy atom. The molecule has 0 aromatic rings. The number of rotatable bonds is 8. The summed E-state index contributed by atoms with van der Waals surface area (Å²) in [7, 11) is -0.559. The number of ether oxygens (including phenoxy) is 3. The average Bonchev–Trinajstić information content (AvgIpc) is 2.94. The molecule has 0 radical (unpaired) electrons. The van der Waals surface area contributed by atoms with Gasteiger partial charge in [-0.15, -0.1) is 0 Å². The molecule has 2 rings (SSSR count). The molecule has 1 unspecified atom stereocenters. The smallest absolute Gasteiger partial charge is 0.330 e. The number of hydrogen-bond donors (Lipinski definition) is 1. The number of aliphatic hydroxyl groups excluding tert-OH is 1. The molecule has 6 nitrogen and oxygen atoms in total. The van der Waals surface area contributed by atoms with Crippen molar-refractivity contribution < 1.29 is 28.5 Å². The van der Waals surface area contributed by atoms with E-state index in [1.807, 2.05) is 0 Å². The molecule has 0 spiro atoms. The number of hydrogen-bond acceptors (Lipinski definition) is 6. The molecule has 1 saturated heterocycles. The molecule has 5 atom stereocenters. The zero-order valence-electron chi connectivity index (χ0n) is 19.0. The molecule has 2 fully saturated rings. The molecule has 7 heteroatoms. The summed E-state index contributed by atoms with van der Waals surface area (Å²) in [4.78, 5) is 11.4. The predicted molar refractivity (Wildman–Crippen MR) is 115 cm³/mol. The fraction of sp³-hybridized carbons (Fsp3) is 0.864. The second-order valence-corrected chi connectivity index (χ2v) is 14.6. The molecule has 1 heterocycles. The maximum Gasteiger partial charge on any atom is 0.330 e. The van der Waals surface area contributed by atoms with Gasteiger partial charge >= 0.3 is 5.97 Å². The Labute approximate surface area is 177 Å². The quantitative estimate of drug-likeness (QED) is 0.357. The topological polar surface area (TPSA) is 74.2 Å². The molecular weight excluding hydrogens is 388 g/mol. The van der Waals surface area contributed by atoms with Crippen LogP contribution in [0.3, 0.4) is 0 Å². The van der Waals surface area contributed by atoms with Crippen LogP contribution in [0.15, 0.2) is 12.2 Å². The molecule has 0 amide bonds. The molecule has 0 aromatic heterocycles. The lowest BCUT2D eigenvalue weighted by atomic mass is 9.91. The molecule has 168 valence electrons. The van der Waals surface area contributed by atoms with Crippen LogP contribution in [0.25, 0.3) is 0 Å². The molecule has 0 aromatic carbocycles. The SMILES string of the molecule is COC(=O)C=CC[C@H]1[C@H](CO[Si](C)(C)C(C)(C)C)[C@@H](OC2CCCCO2)C[C@H]1O. The number of esters is 1. The highest BCUT2D eigenvalue weighted by Crippen LogP contribution is 2.42. The van der Waals surface area contributed by atoms with E-state index in [2.05, 4.69) is 38.6 Å². The molecule has 1 saturated carbocycles. The van der Waals surface area contributed by atoms with Gasteiger partial charge in [0.25, 0.3) is 0 Å². The summed E-state index contributed by atoms with van der Waals surface area (Å²) in [6, 6.07) is 0. The van der Waals surface area contributed by atoms with Crippen molar-refractivity contribution in [3.63, 3.8) is 0 Å². The fourth-order valence-corrected chi connectivity index (χ4v) is 4.83. The van der Waals surface area contributed by atoms with Crippen molar-refractivity contribution in [2.24, 2.45) is 11.8 Å². The summed E-state index contributed by atoms with van der Waals surface area (Å²) in [6.07, 6.45) is 6.68. The van der Waals surface area contributed by atoms with Crippen LogP contribution in [0.5, 0.6) is 0 Å². The fourth-order valence-electron chi connectivity index (χ4n) is 3.79. The Kier molecular flexibility index (Phi) is 8.91. The van der Waals surface area contributed by atoms with Crippen molar-refractivity contribution in [1.82, 2.24) is 0 Å². The Bertz CT molecular complexity index is 550. The van der Waals surface area contributed by atoms with E-state index in [1.165, 1.54) is 13.2 Å². The minimum atomic E-state index is -1.92. The molecule has 29 heavy (non-hydrogen) atoms. The second kappa shape index (κ2) is 10.5. The third-order valence-electron chi connectivity index (χ3n) is 6.77. The van der Waals surface area contributed by atoms with Crippen molar-refractivity contribution in [3.05, 3.63) is 12.2 Å². The van der Waals surface area contributed by atoms with Crippen LogP contribution >= 0.6 is 0 Å². The molecule has 1 aliphatic carbocycles. The second-order valence-electron chi connectivity index (χ2n) is 9.83. The molecule has 0 bridgehead atoms. The Morgan fingerprint density at radius 2 is 1.97 bits per heavy atom. The van der Waals surface area contributed by atoms with Crippen LogP contribution in [-0.2, 0) is 23.4 Å². The van der Waals surface area contributed by atoms with E-state index < -0.39 is 14.4 Å². The van der Waals surface area contributed by atoms with Crippen molar-refractivity contribution in [2.45, 2.75) is 89.5 Å². The summed E-state index contributed by atoms with van der Waals surface area (Å²) in [6.45, 7) is 12.4. The van der Waals surface area contributed by atoms with Gasteiger partial charge in [-0.25, -0.2) is 4.79 Å². The van der Waals surface area contributed by atoms with Crippen molar-refractivity contribution in [1.29, 1.82) is 0 Å². The number of carbonyl (C=O) groups excluding carboxylic acids is 1. The lowest BCUT2D eigenvalue weighted by Gasteiger charge is -2.38. The van der Waals surface area contributed by atoms with Gasteiger partial charge in [0.15, 0.2) is 14.6 Å². The number of aliphatic hydroxyl groups is 1. The molecular formula is C22H40O6Si. The van der Waals surface area contributed by atoms with E-state index in [0.717, 1.165) is 25.9 Å². The highest BCUT2D eigenvalue weighted by atomic mass is 28.4. The number of methoxy groups -OCH3 is 1. The third-order valence-corrected chi connectivity index (χ3v) is 11.3. The standard InChI is InChI=1S/C22H40O6Si/c1-22(2,3)29(5,6)27-15-17-16(10-9-11-20(24)25-4)18(23)14-19(17)28-21-12-7-8-13-26-21/h9,11,16-19,21,23H,7-8,10,12-15H2,1-6H3/t16-,17-,18+,19-,21?/m0/s1. The van der Waals surface area contributed by atoms with E-state index in [-0.39, 0.29) is 35.2 Å². The zero-order valence-corrected chi connectivity index (χ0v) is 20.0. The van der Waals surface area contributed by atoms with E-state index in [9.17, 15) is 9.90 Å². The van der Waals surface area contributed by atoms with Gasteiger partial charge in [-0.2, -0.15) is 0 Å². The van der Waals surface area contributed by atoms with Crippen LogP contribution in [0.1, 0.15) is 52.9 Å². The summed E-state index contributed by atoms with van der Waals surface area (Å²) in [5, 5.41) is 10.9. The minimum Gasteiger partial charge on any atom is -0.466 e. The van der Waals surface area contributed by atoms with Crippen molar-refractivity contribution in [2.75, 3.05) is 20.3 Å². The normalized spacial score (nSPS) is 31.3. The molecule has 2 aliphatic rings. The average molecular weight is 429 g/mol. The summed E-state index contributed by atoms with van der Waals surface area (Å²) in [5.41, 5.74) is 0. The Balaban J connectivity index is 2.09. The predicted octanol–water partition coefficient (Wildman–Crippen LogP) is 4.04. The summed E-state index contributed by atoms with van der Waals surface area (Å²) < 4.78 is 23.3. The van der Waals surface area contributed by atoms with Gasteiger partial charge in [0.2, 0.25) is 0 Å². The van der Waals surface area contributed by atoms with E-state index in [4.69, 9.17) is 13.9 Å². The van der Waals surface area contributed by atoms with Crippen LogP contribution in [0.2, 0.25) is 18.1 Å². The van der Waals surface area contributed by atoms with Gasteiger partial charge in [-0.05, 0) is 49.7 Å². The van der Waals surface area contributed by atoms with Crippen LogP contribution in [-0.4, -0.2) is 58.2 Å². The van der Waals surface area contributed by atoms with Crippen LogP contribution < -0.4 is 0 Å². The maximum atomic E-state index is 11.4. The highest BCUT2D eigenvalue weighted by Gasteiger charge is 2.46. The van der Waals surface area contributed by atoms with Gasteiger partial charge in [0.1, 0.15) is 0 Å². The van der Waals surface area contributed by atoms with E-state index >= 15 is 0 Å². The first-order chi connectivity index (χ1) is 13.5. The minimum absolute atomic E-state index is 0.0192. The van der Waals surface area contributed by atoms with Crippen molar-refractivity contribution >= 4 is 14.3 Å². The Hall–Kier alpha value is -0.733. The number of carbonyl (C=O) groups is 1. The van der Waals surface area contributed by atoms with Gasteiger partial charge in [0, 0.05) is 31.6 Å². The highest BCUT2D eigenvalue weighted by molar-refractivity contribution is 6.74. The largest absolute Gasteiger partial charge is 0.466 e. The van der Waals surface area contributed by atoms with Gasteiger partial charge in [-0.3, -0.25) is 0 Å². The van der Waals surface area contributed by atoms with Gasteiger partial charge in [-0.1, -0.05) is 26.8 Å². The Morgan fingerprint density at radius 3 is 2.55 bits per heavy atom. The molecule has 1 N–H and O–H groups in total. The zero-order chi connectivity index (χ0) is 21.7. The third kappa shape index (κ3) is 6.89. The molecule has 1 aliphatic heterocycles. The first kappa shape index (κ1) is 24.5. The van der Waals surface area contributed by atoms with Crippen LogP contribution in [0.4, 0.5) is 0 Å². The van der Waals surface area contributed by atoms with Crippen LogP contribution in [0, 0.1) is 11.8 Å². The number of allylic oxidation sites excluding steroid dienone is 1. The summed E-state index contributed by atoms with van der Waals surface area (Å²) >= 11 is 0. The van der Waals surface area contributed by atoms with Crippen molar-refractivity contribution in [3.8, 4) is 0 Å². The lowest BCUT2D eigenvalue weighted by Crippen LogP contribution is -2.44. The van der Waals surface area contributed by atoms with E-state index in [0.29, 0.717) is 19.4 Å². The lowest BCUT2D eigenvalue weighted by molar-refractivity contribution is -0.197. The van der Waals surface area contributed by atoms with Gasteiger partial charge < -0.3 is 23.7 Å². The first-order valence-electron chi connectivity index (χ1n) is 10.9. The first-order valence-corrected chi connectivity index (χ1v) is 13.8. The maximum absolute atomic E-state index is 11.4. The van der Waals surface area contributed by atoms with Gasteiger partial charge in [0.05, 0.1) is 19.3 Å². The monoisotopic (exact) mass is 428 g/mol.